The van der Waals surface area contributed by atoms with Crippen LogP contribution in [0, 0.1) is 0 Å². The molecule has 5 heteroatoms. The summed E-state index contributed by atoms with van der Waals surface area (Å²) in [5, 5.41) is 10.6. The molecule has 108 valence electrons. The third kappa shape index (κ3) is 2.77. The average Bonchev–Trinajstić information content (AvgIpc) is 3.24. The van der Waals surface area contributed by atoms with E-state index in [1.54, 1.807) is 23.1 Å². The van der Waals surface area contributed by atoms with E-state index < -0.39 is 0 Å². The molecule has 4 rings (SSSR count). The molecule has 0 N–H and O–H groups in total. The van der Waals surface area contributed by atoms with E-state index in [0.29, 0.717) is 17.5 Å². The van der Waals surface area contributed by atoms with E-state index >= 15 is 0 Å². The van der Waals surface area contributed by atoms with Crippen LogP contribution in [0.4, 0.5) is 0 Å². The average molecular weight is 324 g/mol. The predicted molar refractivity (Wildman–Crippen MR) is 91.1 cm³/mol. The van der Waals surface area contributed by atoms with Gasteiger partial charge in [0.1, 0.15) is 0 Å². The Hall–Kier alpha value is -2.11. The Morgan fingerprint density at radius 2 is 1.95 bits per heavy atom. The second-order valence-electron chi connectivity index (χ2n) is 4.82. The maximum atomic E-state index is 5.32. The topological polar surface area (TPSA) is 38.9 Å². The smallest absolute Gasteiger partial charge is 0.237 e. The Morgan fingerprint density at radius 3 is 2.82 bits per heavy atom. The fourth-order valence-electron chi connectivity index (χ4n) is 2.22. The Balaban J connectivity index is 1.49. The van der Waals surface area contributed by atoms with Crippen molar-refractivity contribution >= 4 is 33.9 Å². The van der Waals surface area contributed by atoms with Crippen molar-refractivity contribution in [1.29, 1.82) is 0 Å². The van der Waals surface area contributed by atoms with E-state index in [2.05, 4.69) is 52.6 Å². The lowest BCUT2D eigenvalue weighted by atomic mass is 10.1. The summed E-state index contributed by atoms with van der Waals surface area (Å²) < 4.78 is 5.32. The van der Waals surface area contributed by atoms with Crippen molar-refractivity contribution in [2.75, 3.05) is 0 Å². The van der Waals surface area contributed by atoms with Gasteiger partial charge in [0.05, 0.1) is 5.75 Å². The molecule has 0 saturated heterocycles. The summed E-state index contributed by atoms with van der Waals surface area (Å²) in [6, 6.07) is 16.8. The van der Waals surface area contributed by atoms with Crippen molar-refractivity contribution in [3.63, 3.8) is 0 Å². The third-order valence-electron chi connectivity index (χ3n) is 3.33. The third-order valence-corrected chi connectivity index (χ3v) is 4.99. The summed E-state index contributed by atoms with van der Waals surface area (Å²) >= 11 is 3.33. The maximum Gasteiger partial charge on any atom is 0.237 e. The van der Waals surface area contributed by atoms with E-state index in [1.165, 1.54) is 15.7 Å². The molecule has 0 fully saturated rings. The lowest BCUT2D eigenvalue weighted by Crippen LogP contribution is -1.82. The van der Waals surface area contributed by atoms with Crippen LogP contribution in [0.5, 0.6) is 0 Å². The molecule has 3 nitrogen and oxygen atoms in total. The van der Waals surface area contributed by atoms with Gasteiger partial charge in [-0.2, -0.15) is 16.3 Å². The minimum absolute atomic E-state index is 0.652. The van der Waals surface area contributed by atoms with Crippen LogP contribution < -0.4 is 0 Å². The Morgan fingerprint density at radius 1 is 1.05 bits per heavy atom. The van der Waals surface area contributed by atoms with Gasteiger partial charge < -0.3 is 4.52 Å². The molecular weight excluding hydrogens is 312 g/mol. The first kappa shape index (κ1) is 13.5. The van der Waals surface area contributed by atoms with Gasteiger partial charge >= 0.3 is 0 Å². The molecule has 2 aromatic carbocycles. The summed E-state index contributed by atoms with van der Waals surface area (Å²) in [5.41, 5.74) is 1.01. The zero-order chi connectivity index (χ0) is 14.8. The molecule has 0 saturated carbocycles. The normalized spacial score (nSPS) is 11.1. The fourth-order valence-corrected chi connectivity index (χ4v) is 3.64. The number of benzene rings is 2. The molecule has 0 aliphatic carbocycles. The first-order valence-electron chi connectivity index (χ1n) is 6.85. The quantitative estimate of drug-likeness (QED) is 0.481. The van der Waals surface area contributed by atoms with Crippen molar-refractivity contribution in [2.45, 2.75) is 10.6 Å². The van der Waals surface area contributed by atoms with Crippen LogP contribution in [-0.2, 0) is 5.75 Å². The molecule has 0 aliphatic rings. The SMILES string of the molecule is c1ccc2cc(SCc3nc(-c4ccsc4)no3)ccc2c1. The first-order valence-corrected chi connectivity index (χ1v) is 8.78. The standard InChI is InChI=1S/C17H12N2OS2/c1-2-4-13-9-15(6-5-12(13)3-1)22-11-16-18-17(19-20-16)14-7-8-21-10-14/h1-10H,11H2. The maximum absolute atomic E-state index is 5.32. The Bertz CT molecular complexity index is 900. The number of rotatable bonds is 4. The van der Waals surface area contributed by atoms with Gasteiger partial charge in [-0.1, -0.05) is 35.5 Å². The van der Waals surface area contributed by atoms with Crippen molar-refractivity contribution in [3.05, 3.63) is 65.2 Å². The number of fused-ring (bicyclic) bond motifs is 1. The van der Waals surface area contributed by atoms with Gasteiger partial charge in [-0.05, 0) is 34.4 Å². The fraction of sp³-hybridized carbons (Fsp3) is 0.0588. The largest absolute Gasteiger partial charge is 0.338 e. The number of aromatic nitrogens is 2. The lowest BCUT2D eigenvalue weighted by Gasteiger charge is -2.01. The Kier molecular flexibility index (Phi) is 3.66. The summed E-state index contributed by atoms with van der Waals surface area (Å²) in [6.45, 7) is 0. The molecule has 4 aromatic rings. The van der Waals surface area contributed by atoms with E-state index in [4.69, 9.17) is 4.52 Å². The molecule has 0 amide bonds. The highest BCUT2D eigenvalue weighted by Crippen LogP contribution is 2.27. The number of nitrogens with zero attached hydrogens (tertiary/aromatic N) is 2. The van der Waals surface area contributed by atoms with Crippen molar-refractivity contribution < 1.29 is 4.52 Å². The highest BCUT2D eigenvalue weighted by molar-refractivity contribution is 7.98. The van der Waals surface area contributed by atoms with Gasteiger partial charge in [-0.15, -0.1) is 11.8 Å². The van der Waals surface area contributed by atoms with E-state index in [9.17, 15) is 0 Å². The predicted octanol–water partition coefficient (Wildman–Crippen LogP) is 5.24. The van der Waals surface area contributed by atoms with Gasteiger partial charge in [-0.25, -0.2) is 0 Å². The van der Waals surface area contributed by atoms with Crippen LogP contribution in [0.3, 0.4) is 0 Å². The molecule has 2 aromatic heterocycles. The number of thioether (sulfide) groups is 1. The number of hydrogen-bond acceptors (Lipinski definition) is 5. The second kappa shape index (κ2) is 5.94. The van der Waals surface area contributed by atoms with Gasteiger partial charge in [-0.3, -0.25) is 0 Å². The highest BCUT2D eigenvalue weighted by atomic mass is 32.2. The monoisotopic (exact) mass is 324 g/mol. The van der Waals surface area contributed by atoms with Crippen LogP contribution in [-0.4, -0.2) is 10.1 Å². The van der Waals surface area contributed by atoms with Crippen molar-refractivity contribution in [2.24, 2.45) is 0 Å². The molecule has 0 bridgehead atoms. The van der Waals surface area contributed by atoms with Gasteiger partial charge in [0.2, 0.25) is 11.7 Å². The number of hydrogen-bond donors (Lipinski definition) is 0. The minimum Gasteiger partial charge on any atom is -0.338 e. The second-order valence-corrected chi connectivity index (χ2v) is 6.65. The van der Waals surface area contributed by atoms with Crippen LogP contribution in [0.2, 0.25) is 0 Å². The van der Waals surface area contributed by atoms with Crippen molar-refractivity contribution in [1.82, 2.24) is 10.1 Å². The van der Waals surface area contributed by atoms with Crippen LogP contribution >= 0.6 is 23.1 Å². The first-order chi connectivity index (χ1) is 10.9. The molecule has 0 atom stereocenters. The molecule has 0 aliphatic heterocycles. The molecule has 0 spiro atoms. The molecule has 0 unspecified atom stereocenters. The number of thiophene rings is 1. The molecular formula is C17H12N2OS2. The summed E-state index contributed by atoms with van der Waals surface area (Å²) in [5.74, 6) is 1.99. The summed E-state index contributed by atoms with van der Waals surface area (Å²) in [7, 11) is 0. The molecule has 22 heavy (non-hydrogen) atoms. The summed E-state index contributed by atoms with van der Waals surface area (Å²) in [6.07, 6.45) is 0. The van der Waals surface area contributed by atoms with E-state index in [1.807, 2.05) is 16.8 Å². The Labute approximate surface area is 136 Å². The molecule has 0 radical (unpaired) electrons. The van der Waals surface area contributed by atoms with E-state index in [0.717, 1.165) is 5.56 Å². The van der Waals surface area contributed by atoms with Crippen molar-refractivity contribution in [3.8, 4) is 11.4 Å². The minimum atomic E-state index is 0.652. The van der Waals surface area contributed by atoms with E-state index in [-0.39, 0.29) is 0 Å². The van der Waals surface area contributed by atoms with Crippen LogP contribution in [0.25, 0.3) is 22.2 Å². The zero-order valence-corrected chi connectivity index (χ0v) is 13.2. The lowest BCUT2D eigenvalue weighted by molar-refractivity contribution is 0.391. The summed E-state index contributed by atoms with van der Waals surface area (Å²) in [4.78, 5) is 5.64. The van der Waals surface area contributed by atoms with Gasteiger partial charge in [0, 0.05) is 15.8 Å². The van der Waals surface area contributed by atoms with Gasteiger partial charge in [0.25, 0.3) is 0 Å². The van der Waals surface area contributed by atoms with Crippen LogP contribution in [0.1, 0.15) is 5.89 Å². The molecule has 2 heterocycles. The van der Waals surface area contributed by atoms with Crippen LogP contribution in [0.15, 0.2) is 68.7 Å². The van der Waals surface area contributed by atoms with Gasteiger partial charge in [0.15, 0.2) is 0 Å². The zero-order valence-electron chi connectivity index (χ0n) is 11.6. The highest BCUT2D eigenvalue weighted by Gasteiger charge is 2.09.